The summed E-state index contributed by atoms with van der Waals surface area (Å²) in [5.74, 6) is 0. The SMILES string of the molecule is Cc1ccc(Br)cc1S(=O)(=O)N1CCNCC1c1cccnc1. The van der Waals surface area contributed by atoms with Crippen LogP contribution in [-0.4, -0.2) is 37.3 Å². The predicted octanol–water partition coefficient (Wildman–Crippen LogP) is 2.49. The van der Waals surface area contributed by atoms with E-state index in [0.29, 0.717) is 24.5 Å². The minimum atomic E-state index is -3.58. The normalized spacial score (nSPS) is 19.7. The van der Waals surface area contributed by atoms with Gasteiger partial charge >= 0.3 is 0 Å². The highest BCUT2D eigenvalue weighted by molar-refractivity contribution is 9.10. The van der Waals surface area contributed by atoms with Gasteiger partial charge in [-0.1, -0.05) is 28.1 Å². The molecular weight excluding hydrogens is 378 g/mol. The van der Waals surface area contributed by atoms with Crippen molar-refractivity contribution in [2.24, 2.45) is 0 Å². The molecule has 0 amide bonds. The molecule has 5 nitrogen and oxygen atoms in total. The Bertz CT molecular complexity index is 796. The monoisotopic (exact) mass is 395 g/mol. The van der Waals surface area contributed by atoms with Gasteiger partial charge in [0, 0.05) is 36.5 Å². The first kappa shape index (κ1) is 16.6. The van der Waals surface area contributed by atoms with Gasteiger partial charge in [-0.05, 0) is 36.2 Å². The maximum absolute atomic E-state index is 13.2. The van der Waals surface area contributed by atoms with Gasteiger partial charge in [0.05, 0.1) is 10.9 Å². The Kier molecular flexibility index (Phi) is 4.82. The van der Waals surface area contributed by atoms with Gasteiger partial charge in [-0.25, -0.2) is 8.42 Å². The van der Waals surface area contributed by atoms with Crippen molar-refractivity contribution in [1.82, 2.24) is 14.6 Å². The molecule has 1 atom stereocenters. The number of nitrogens with one attached hydrogen (secondary N) is 1. The molecule has 1 fully saturated rings. The summed E-state index contributed by atoms with van der Waals surface area (Å²) in [6, 6.07) is 8.84. The van der Waals surface area contributed by atoms with Gasteiger partial charge in [-0.15, -0.1) is 0 Å². The van der Waals surface area contributed by atoms with E-state index in [4.69, 9.17) is 0 Å². The maximum atomic E-state index is 13.2. The summed E-state index contributed by atoms with van der Waals surface area (Å²) in [5.41, 5.74) is 1.65. The fraction of sp³-hybridized carbons (Fsp3) is 0.312. The molecule has 0 spiro atoms. The zero-order chi connectivity index (χ0) is 16.4. The number of aromatic nitrogens is 1. The van der Waals surface area contributed by atoms with Crippen molar-refractivity contribution in [3.8, 4) is 0 Å². The third-order valence-electron chi connectivity index (χ3n) is 4.00. The highest BCUT2D eigenvalue weighted by Crippen LogP contribution is 2.31. The topological polar surface area (TPSA) is 62.3 Å². The molecule has 0 radical (unpaired) electrons. The second-order valence-corrected chi connectivity index (χ2v) is 8.31. The summed E-state index contributed by atoms with van der Waals surface area (Å²) in [4.78, 5) is 4.47. The first-order chi connectivity index (χ1) is 11.0. The van der Waals surface area contributed by atoms with E-state index >= 15 is 0 Å². The first-order valence-electron chi connectivity index (χ1n) is 7.39. The van der Waals surface area contributed by atoms with Crippen LogP contribution in [-0.2, 0) is 10.0 Å². The van der Waals surface area contributed by atoms with Crippen LogP contribution < -0.4 is 5.32 Å². The number of rotatable bonds is 3. The Morgan fingerprint density at radius 3 is 2.91 bits per heavy atom. The lowest BCUT2D eigenvalue weighted by Gasteiger charge is -2.35. The third-order valence-corrected chi connectivity index (χ3v) is 6.54. The lowest BCUT2D eigenvalue weighted by Crippen LogP contribution is -2.48. The molecule has 1 N–H and O–H groups in total. The van der Waals surface area contributed by atoms with E-state index in [0.717, 1.165) is 15.6 Å². The highest BCUT2D eigenvalue weighted by atomic mass is 79.9. The van der Waals surface area contributed by atoms with Crippen LogP contribution in [0.5, 0.6) is 0 Å². The van der Waals surface area contributed by atoms with Crippen molar-refractivity contribution in [2.75, 3.05) is 19.6 Å². The standard InChI is InChI=1S/C16H18BrN3O2S/c1-12-4-5-14(17)9-16(12)23(21,22)20-8-7-19-11-15(20)13-3-2-6-18-10-13/h2-6,9-10,15,19H,7-8,11H2,1H3. The van der Waals surface area contributed by atoms with Gasteiger partial charge < -0.3 is 5.32 Å². The van der Waals surface area contributed by atoms with Crippen molar-refractivity contribution in [2.45, 2.75) is 17.9 Å². The van der Waals surface area contributed by atoms with Crippen molar-refractivity contribution >= 4 is 26.0 Å². The molecule has 122 valence electrons. The molecule has 1 aromatic carbocycles. The summed E-state index contributed by atoms with van der Waals surface area (Å²) in [6.07, 6.45) is 3.42. The average Bonchev–Trinajstić information content (AvgIpc) is 2.58. The smallest absolute Gasteiger partial charge is 0.244 e. The number of halogens is 1. The number of sulfonamides is 1. The molecule has 2 heterocycles. The molecule has 3 rings (SSSR count). The van der Waals surface area contributed by atoms with Crippen LogP contribution in [0.15, 0.2) is 52.1 Å². The number of pyridine rings is 1. The van der Waals surface area contributed by atoms with Crippen LogP contribution in [0.3, 0.4) is 0 Å². The summed E-state index contributed by atoms with van der Waals surface area (Å²) in [7, 11) is -3.58. The van der Waals surface area contributed by atoms with Gasteiger partial charge in [0.1, 0.15) is 0 Å². The number of benzene rings is 1. The summed E-state index contributed by atoms with van der Waals surface area (Å²) >= 11 is 3.37. The van der Waals surface area contributed by atoms with Crippen molar-refractivity contribution in [3.05, 3.63) is 58.3 Å². The molecule has 1 saturated heterocycles. The van der Waals surface area contributed by atoms with E-state index < -0.39 is 10.0 Å². The van der Waals surface area contributed by atoms with Gasteiger partial charge in [0.15, 0.2) is 0 Å². The molecule has 2 aromatic rings. The molecule has 1 aromatic heterocycles. The highest BCUT2D eigenvalue weighted by Gasteiger charge is 2.35. The van der Waals surface area contributed by atoms with E-state index in [1.54, 1.807) is 22.8 Å². The molecule has 0 aliphatic carbocycles. The fourth-order valence-electron chi connectivity index (χ4n) is 2.81. The van der Waals surface area contributed by atoms with Crippen LogP contribution in [0.4, 0.5) is 0 Å². The quantitative estimate of drug-likeness (QED) is 0.866. The zero-order valence-corrected chi connectivity index (χ0v) is 15.1. The van der Waals surface area contributed by atoms with E-state index in [9.17, 15) is 8.42 Å². The zero-order valence-electron chi connectivity index (χ0n) is 12.7. The Labute approximate surface area is 144 Å². The first-order valence-corrected chi connectivity index (χ1v) is 9.62. The third kappa shape index (κ3) is 3.33. The molecule has 1 aliphatic rings. The Balaban J connectivity index is 2.04. The second-order valence-electron chi connectivity index (χ2n) is 5.53. The van der Waals surface area contributed by atoms with Crippen LogP contribution in [0.2, 0.25) is 0 Å². The molecule has 0 saturated carbocycles. The molecule has 1 unspecified atom stereocenters. The van der Waals surface area contributed by atoms with Gasteiger partial charge in [0.2, 0.25) is 10.0 Å². The number of piperazine rings is 1. The summed E-state index contributed by atoms with van der Waals surface area (Å²) in [6.45, 7) is 3.48. The number of aryl methyl sites for hydroxylation is 1. The molecular formula is C16H18BrN3O2S. The lowest BCUT2D eigenvalue weighted by molar-refractivity contribution is 0.271. The molecule has 1 aliphatic heterocycles. The summed E-state index contributed by atoms with van der Waals surface area (Å²) < 4.78 is 28.7. The van der Waals surface area contributed by atoms with E-state index in [1.165, 1.54) is 0 Å². The molecule has 23 heavy (non-hydrogen) atoms. The van der Waals surface area contributed by atoms with E-state index in [1.807, 2.05) is 31.2 Å². The minimum absolute atomic E-state index is 0.249. The van der Waals surface area contributed by atoms with Crippen LogP contribution >= 0.6 is 15.9 Å². The average molecular weight is 396 g/mol. The van der Waals surface area contributed by atoms with Crippen molar-refractivity contribution in [3.63, 3.8) is 0 Å². The van der Waals surface area contributed by atoms with Crippen molar-refractivity contribution in [1.29, 1.82) is 0 Å². The summed E-state index contributed by atoms with van der Waals surface area (Å²) in [5, 5.41) is 3.27. The minimum Gasteiger partial charge on any atom is -0.313 e. The predicted molar refractivity (Wildman–Crippen MR) is 92.6 cm³/mol. The number of hydrogen-bond acceptors (Lipinski definition) is 4. The maximum Gasteiger partial charge on any atom is 0.244 e. The second kappa shape index (κ2) is 6.68. The number of hydrogen-bond donors (Lipinski definition) is 1. The molecule has 7 heteroatoms. The number of nitrogens with zero attached hydrogens (tertiary/aromatic N) is 2. The molecule has 0 bridgehead atoms. The Morgan fingerprint density at radius 1 is 1.35 bits per heavy atom. The van der Waals surface area contributed by atoms with Crippen LogP contribution in [0, 0.1) is 6.92 Å². The Hall–Kier alpha value is -1.28. The van der Waals surface area contributed by atoms with Crippen LogP contribution in [0.25, 0.3) is 0 Å². The van der Waals surface area contributed by atoms with Gasteiger partial charge in [-0.2, -0.15) is 4.31 Å². The van der Waals surface area contributed by atoms with Crippen molar-refractivity contribution < 1.29 is 8.42 Å². The van der Waals surface area contributed by atoms with E-state index in [2.05, 4.69) is 26.2 Å². The van der Waals surface area contributed by atoms with Gasteiger partial charge in [0.25, 0.3) is 0 Å². The lowest BCUT2D eigenvalue weighted by atomic mass is 10.1. The van der Waals surface area contributed by atoms with Crippen LogP contribution in [0.1, 0.15) is 17.2 Å². The van der Waals surface area contributed by atoms with Gasteiger partial charge in [-0.3, -0.25) is 4.98 Å². The Morgan fingerprint density at radius 2 is 2.17 bits per heavy atom. The fourth-order valence-corrected chi connectivity index (χ4v) is 5.19. The largest absolute Gasteiger partial charge is 0.313 e. The van der Waals surface area contributed by atoms with E-state index in [-0.39, 0.29) is 6.04 Å².